The van der Waals surface area contributed by atoms with Gasteiger partial charge in [-0.25, -0.2) is 0 Å². The van der Waals surface area contributed by atoms with Gasteiger partial charge in [0.2, 0.25) is 0 Å². The second kappa shape index (κ2) is 15.7. The van der Waals surface area contributed by atoms with Crippen LogP contribution in [0.2, 0.25) is 0 Å². The Bertz CT molecular complexity index is 187. The predicted octanol–water partition coefficient (Wildman–Crippen LogP) is 4.76. The van der Waals surface area contributed by atoms with Crippen LogP contribution in [0.5, 0.6) is 0 Å². The smallest absolute Gasteiger partial charge is 0.165 e. The van der Waals surface area contributed by atoms with Crippen LogP contribution in [0.1, 0.15) is 73.1 Å². The lowest BCUT2D eigenvalue weighted by Crippen LogP contribution is -2.39. The summed E-state index contributed by atoms with van der Waals surface area (Å²) in [6.07, 6.45) is 5.52. The number of hydrogen-bond acceptors (Lipinski definition) is 4. The van der Waals surface area contributed by atoms with Crippen molar-refractivity contribution in [1.29, 1.82) is 0 Å². The topological polar surface area (TPSA) is 36.9 Å². The number of hydrogen-bond donors (Lipinski definition) is 0. The Hall–Kier alpha value is -0.160. The Balaban J connectivity index is 4.88. The van der Waals surface area contributed by atoms with Gasteiger partial charge in [0.15, 0.2) is 12.6 Å². The lowest BCUT2D eigenvalue weighted by Gasteiger charge is -2.33. The Morgan fingerprint density at radius 3 is 1.05 bits per heavy atom. The monoisotopic (exact) mass is 318 g/mol. The van der Waals surface area contributed by atoms with E-state index in [1.807, 2.05) is 0 Å². The second-order valence-corrected chi connectivity index (χ2v) is 5.67. The zero-order valence-electron chi connectivity index (χ0n) is 15.4. The molecule has 0 amide bonds. The van der Waals surface area contributed by atoms with Gasteiger partial charge >= 0.3 is 0 Å². The van der Waals surface area contributed by atoms with E-state index < -0.39 is 0 Å². The highest BCUT2D eigenvalue weighted by molar-refractivity contribution is 4.68. The summed E-state index contributed by atoms with van der Waals surface area (Å²) in [5, 5.41) is 0. The third-order valence-electron chi connectivity index (χ3n) is 3.27. The summed E-state index contributed by atoms with van der Waals surface area (Å²) in [6, 6.07) is 0. The molecule has 0 aliphatic rings. The molecule has 0 bridgehead atoms. The van der Waals surface area contributed by atoms with E-state index in [-0.39, 0.29) is 18.5 Å². The molecule has 0 unspecified atom stereocenters. The Morgan fingerprint density at radius 1 is 0.500 bits per heavy atom. The fraction of sp³-hybridized carbons (Fsp3) is 1.00. The first-order valence-electron chi connectivity index (χ1n) is 9.21. The summed E-state index contributed by atoms with van der Waals surface area (Å²) in [5.41, 5.74) is 0. The average Bonchev–Trinajstić information content (AvgIpc) is 2.54. The van der Waals surface area contributed by atoms with Crippen molar-refractivity contribution in [2.45, 2.75) is 85.7 Å². The fourth-order valence-corrected chi connectivity index (χ4v) is 2.26. The largest absolute Gasteiger partial charge is 0.352 e. The van der Waals surface area contributed by atoms with Crippen LogP contribution in [-0.2, 0) is 18.9 Å². The van der Waals surface area contributed by atoms with Crippen LogP contribution in [-0.4, -0.2) is 39.0 Å². The first-order chi connectivity index (χ1) is 10.7. The lowest BCUT2D eigenvalue weighted by atomic mass is 10.0. The first kappa shape index (κ1) is 21.8. The molecule has 0 fully saturated rings. The quantitative estimate of drug-likeness (QED) is 0.384. The minimum Gasteiger partial charge on any atom is -0.352 e. The SMILES string of the molecule is CCCOC(OCCC)C(CCC)C(OCCC)OCCC. The van der Waals surface area contributed by atoms with Crippen molar-refractivity contribution < 1.29 is 18.9 Å². The minimum atomic E-state index is -0.237. The third kappa shape index (κ3) is 9.78. The highest BCUT2D eigenvalue weighted by Gasteiger charge is 2.31. The molecule has 0 aromatic carbocycles. The van der Waals surface area contributed by atoms with Crippen molar-refractivity contribution in [2.75, 3.05) is 26.4 Å². The van der Waals surface area contributed by atoms with Gasteiger partial charge in [-0.3, -0.25) is 0 Å². The maximum atomic E-state index is 5.97. The molecule has 22 heavy (non-hydrogen) atoms. The summed E-state index contributed by atoms with van der Waals surface area (Å²) in [7, 11) is 0. The summed E-state index contributed by atoms with van der Waals surface area (Å²) in [6.45, 7) is 13.5. The van der Waals surface area contributed by atoms with Gasteiger partial charge in [0.25, 0.3) is 0 Å². The molecule has 0 radical (unpaired) electrons. The van der Waals surface area contributed by atoms with E-state index >= 15 is 0 Å². The molecule has 0 saturated carbocycles. The van der Waals surface area contributed by atoms with Crippen LogP contribution < -0.4 is 0 Å². The molecule has 0 atom stereocenters. The van der Waals surface area contributed by atoms with Crippen molar-refractivity contribution in [3.8, 4) is 0 Å². The van der Waals surface area contributed by atoms with Gasteiger partial charge in [-0.15, -0.1) is 0 Å². The molecule has 0 saturated heterocycles. The highest BCUT2D eigenvalue weighted by atomic mass is 16.7. The van der Waals surface area contributed by atoms with Crippen molar-refractivity contribution >= 4 is 0 Å². The number of rotatable bonds is 16. The summed E-state index contributed by atoms with van der Waals surface area (Å²) >= 11 is 0. The Kier molecular flexibility index (Phi) is 15.6. The van der Waals surface area contributed by atoms with Crippen LogP contribution in [0.4, 0.5) is 0 Å². The summed E-state index contributed by atoms with van der Waals surface area (Å²) in [4.78, 5) is 0. The second-order valence-electron chi connectivity index (χ2n) is 5.67. The van der Waals surface area contributed by atoms with E-state index in [9.17, 15) is 0 Å². The van der Waals surface area contributed by atoms with Crippen LogP contribution in [0.25, 0.3) is 0 Å². The molecule has 134 valence electrons. The summed E-state index contributed by atoms with van der Waals surface area (Å²) < 4.78 is 23.9. The summed E-state index contributed by atoms with van der Waals surface area (Å²) in [5.74, 6) is 0.126. The third-order valence-corrected chi connectivity index (χ3v) is 3.27. The van der Waals surface area contributed by atoms with Crippen molar-refractivity contribution in [2.24, 2.45) is 5.92 Å². The van der Waals surface area contributed by atoms with Crippen molar-refractivity contribution in [3.63, 3.8) is 0 Å². The van der Waals surface area contributed by atoms with Crippen LogP contribution >= 0.6 is 0 Å². The van der Waals surface area contributed by atoms with Crippen LogP contribution in [0.15, 0.2) is 0 Å². The number of ether oxygens (including phenoxy) is 4. The maximum absolute atomic E-state index is 5.97. The van der Waals surface area contributed by atoms with Crippen molar-refractivity contribution in [1.82, 2.24) is 0 Å². The molecule has 4 nitrogen and oxygen atoms in total. The molecule has 0 rings (SSSR count). The van der Waals surface area contributed by atoms with Gasteiger partial charge in [-0.05, 0) is 32.1 Å². The molecule has 0 aromatic heterocycles. The molecule has 0 aliphatic heterocycles. The van der Waals surface area contributed by atoms with E-state index in [0.29, 0.717) is 26.4 Å². The molecule has 0 spiro atoms. The normalized spacial score (nSPS) is 12.0. The van der Waals surface area contributed by atoms with Gasteiger partial charge in [0.05, 0.1) is 5.92 Å². The van der Waals surface area contributed by atoms with Gasteiger partial charge in [-0.2, -0.15) is 0 Å². The van der Waals surface area contributed by atoms with Crippen molar-refractivity contribution in [3.05, 3.63) is 0 Å². The van der Waals surface area contributed by atoms with E-state index in [1.165, 1.54) is 0 Å². The minimum absolute atomic E-state index is 0.126. The average molecular weight is 318 g/mol. The van der Waals surface area contributed by atoms with Gasteiger partial charge < -0.3 is 18.9 Å². The maximum Gasteiger partial charge on any atom is 0.165 e. The Labute approximate surface area is 137 Å². The molecule has 0 aliphatic carbocycles. The molecule has 4 heteroatoms. The van der Waals surface area contributed by atoms with Gasteiger partial charge in [-0.1, -0.05) is 41.0 Å². The van der Waals surface area contributed by atoms with Gasteiger partial charge in [0.1, 0.15) is 0 Å². The molecule has 0 aromatic rings. The predicted molar refractivity (Wildman–Crippen MR) is 90.9 cm³/mol. The zero-order valence-corrected chi connectivity index (χ0v) is 15.4. The molecular formula is C18H38O4. The highest BCUT2D eigenvalue weighted by Crippen LogP contribution is 2.24. The van der Waals surface area contributed by atoms with Crippen LogP contribution in [0.3, 0.4) is 0 Å². The Morgan fingerprint density at radius 2 is 0.818 bits per heavy atom. The fourth-order valence-electron chi connectivity index (χ4n) is 2.26. The van der Waals surface area contributed by atoms with Gasteiger partial charge in [0, 0.05) is 26.4 Å². The first-order valence-corrected chi connectivity index (χ1v) is 9.21. The standard InChI is InChI=1S/C18H38O4/c1-6-11-16(17(19-12-7-2)20-13-8-3)18(21-14-9-4)22-15-10-5/h16-18H,6-15H2,1-5H3. The van der Waals surface area contributed by atoms with Crippen LogP contribution in [0, 0.1) is 5.92 Å². The van der Waals surface area contributed by atoms with E-state index in [2.05, 4.69) is 34.6 Å². The molecule has 0 N–H and O–H groups in total. The molecular weight excluding hydrogens is 280 g/mol. The van der Waals surface area contributed by atoms with E-state index in [4.69, 9.17) is 18.9 Å². The molecule has 0 heterocycles. The lowest BCUT2D eigenvalue weighted by molar-refractivity contribution is -0.252. The van der Waals surface area contributed by atoms with E-state index in [1.54, 1.807) is 0 Å². The zero-order chi connectivity index (χ0) is 16.6. The van der Waals surface area contributed by atoms with E-state index in [0.717, 1.165) is 38.5 Å².